The number of ether oxygens (including phenoxy) is 1. The molecule has 2 atom stereocenters. The minimum Gasteiger partial charge on any atom is -0.367 e. The summed E-state index contributed by atoms with van der Waals surface area (Å²) < 4.78 is 32.2. The molecule has 2 aliphatic heterocycles. The number of morpholine rings is 1. The number of hydrogen-bond donors (Lipinski definition) is 1. The predicted octanol–water partition coefficient (Wildman–Crippen LogP) is -0.141. The Balaban J connectivity index is 1.91. The smallest absolute Gasteiger partial charge is 0.247 e. The van der Waals surface area contributed by atoms with Crippen LogP contribution in [0.4, 0.5) is 5.69 Å². The highest BCUT2D eigenvalue weighted by atomic mass is 32.2. The average Bonchev–Trinajstić information content (AvgIpc) is 2.89. The van der Waals surface area contributed by atoms with Crippen molar-refractivity contribution >= 4 is 27.5 Å². The van der Waals surface area contributed by atoms with E-state index in [0.29, 0.717) is 6.42 Å². The molecule has 0 aliphatic carbocycles. The van der Waals surface area contributed by atoms with Crippen molar-refractivity contribution < 1.29 is 22.7 Å². The predicted molar refractivity (Wildman–Crippen MR) is 90.5 cm³/mol. The van der Waals surface area contributed by atoms with Gasteiger partial charge in [-0.15, -0.1) is 0 Å². The van der Waals surface area contributed by atoms with Gasteiger partial charge >= 0.3 is 0 Å². The van der Waals surface area contributed by atoms with Crippen LogP contribution in [-0.4, -0.2) is 56.4 Å². The normalized spacial score (nSPS) is 24.2. The molecule has 2 aliphatic rings. The molecule has 136 valence electrons. The van der Waals surface area contributed by atoms with Gasteiger partial charge in [0, 0.05) is 31.7 Å². The number of nitrogens with two attached hydrogens (primary N) is 1. The highest BCUT2D eigenvalue weighted by Gasteiger charge is 2.35. The van der Waals surface area contributed by atoms with Gasteiger partial charge in [-0.2, -0.15) is 4.31 Å². The number of fused-ring (bicyclic) bond motifs is 1. The van der Waals surface area contributed by atoms with E-state index >= 15 is 0 Å². The lowest BCUT2D eigenvalue weighted by Gasteiger charge is -2.30. The third kappa shape index (κ3) is 3.14. The standard InChI is InChI=1S/C16H21N3O5S/c1-10-7-12-8-13(3-4-14(12)19(10)11(2)20)25(22,23)18-5-6-24-15(9-18)16(17)21/h3-4,8,10,15H,5-7,9H2,1-2H3,(H2,17,21). The topological polar surface area (TPSA) is 110 Å². The first-order valence-corrected chi connectivity index (χ1v) is 9.49. The zero-order chi connectivity index (χ0) is 18.4. The van der Waals surface area contributed by atoms with E-state index in [0.717, 1.165) is 11.3 Å². The molecule has 3 rings (SSSR count). The van der Waals surface area contributed by atoms with Gasteiger partial charge in [0.05, 0.1) is 11.5 Å². The number of rotatable bonds is 3. The van der Waals surface area contributed by atoms with Crippen LogP contribution in [0.2, 0.25) is 0 Å². The number of sulfonamides is 1. The fourth-order valence-electron chi connectivity index (χ4n) is 3.41. The van der Waals surface area contributed by atoms with Gasteiger partial charge in [-0.05, 0) is 37.1 Å². The quantitative estimate of drug-likeness (QED) is 0.799. The highest BCUT2D eigenvalue weighted by molar-refractivity contribution is 7.89. The van der Waals surface area contributed by atoms with Crippen LogP contribution in [0.1, 0.15) is 19.4 Å². The van der Waals surface area contributed by atoms with Crippen molar-refractivity contribution in [1.29, 1.82) is 0 Å². The van der Waals surface area contributed by atoms with E-state index in [4.69, 9.17) is 10.5 Å². The molecular weight excluding hydrogens is 346 g/mol. The van der Waals surface area contributed by atoms with Crippen LogP contribution in [0.25, 0.3) is 0 Å². The first kappa shape index (κ1) is 17.8. The van der Waals surface area contributed by atoms with E-state index in [1.807, 2.05) is 6.92 Å². The molecule has 8 nitrogen and oxygen atoms in total. The van der Waals surface area contributed by atoms with E-state index in [1.165, 1.54) is 17.3 Å². The maximum atomic E-state index is 12.9. The summed E-state index contributed by atoms with van der Waals surface area (Å²) >= 11 is 0. The molecule has 0 saturated carbocycles. The fraction of sp³-hybridized carbons (Fsp3) is 0.500. The Morgan fingerprint density at radius 3 is 2.68 bits per heavy atom. The van der Waals surface area contributed by atoms with Gasteiger partial charge in [0.15, 0.2) is 0 Å². The van der Waals surface area contributed by atoms with Crippen molar-refractivity contribution in [2.45, 2.75) is 37.3 Å². The third-order valence-electron chi connectivity index (χ3n) is 4.59. The molecule has 1 aromatic carbocycles. The third-order valence-corrected chi connectivity index (χ3v) is 6.45. The van der Waals surface area contributed by atoms with Crippen molar-refractivity contribution in [3.05, 3.63) is 23.8 Å². The van der Waals surface area contributed by atoms with Crippen molar-refractivity contribution in [3.63, 3.8) is 0 Å². The molecule has 1 saturated heterocycles. The Bertz CT molecular complexity index is 823. The fourth-order valence-corrected chi connectivity index (χ4v) is 4.89. The van der Waals surface area contributed by atoms with Gasteiger partial charge in [0.1, 0.15) is 6.10 Å². The number of benzene rings is 1. The minimum absolute atomic E-state index is 0.00640. The molecular formula is C16H21N3O5S. The zero-order valence-corrected chi connectivity index (χ0v) is 15.0. The van der Waals surface area contributed by atoms with E-state index in [2.05, 4.69) is 0 Å². The lowest BCUT2D eigenvalue weighted by Crippen LogP contribution is -2.50. The molecule has 1 fully saturated rings. The number of anilines is 1. The summed E-state index contributed by atoms with van der Waals surface area (Å²) in [6, 6.07) is 4.77. The molecule has 2 N–H and O–H groups in total. The van der Waals surface area contributed by atoms with Crippen molar-refractivity contribution in [2.24, 2.45) is 5.73 Å². The molecule has 2 unspecified atom stereocenters. The van der Waals surface area contributed by atoms with Gasteiger partial charge in [0.2, 0.25) is 21.8 Å². The van der Waals surface area contributed by atoms with E-state index in [9.17, 15) is 18.0 Å². The monoisotopic (exact) mass is 367 g/mol. The molecule has 0 radical (unpaired) electrons. The maximum Gasteiger partial charge on any atom is 0.247 e. The van der Waals surface area contributed by atoms with Gasteiger partial charge in [0.25, 0.3) is 0 Å². The number of carbonyl (C=O) groups is 2. The van der Waals surface area contributed by atoms with Gasteiger partial charge in [-0.3, -0.25) is 9.59 Å². The summed E-state index contributed by atoms with van der Waals surface area (Å²) in [6.07, 6.45) is -0.336. The second-order valence-electron chi connectivity index (χ2n) is 6.36. The lowest BCUT2D eigenvalue weighted by atomic mass is 10.1. The summed E-state index contributed by atoms with van der Waals surface area (Å²) in [7, 11) is -3.76. The van der Waals surface area contributed by atoms with Crippen molar-refractivity contribution in [1.82, 2.24) is 4.31 Å². The largest absolute Gasteiger partial charge is 0.367 e. The summed E-state index contributed by atoms with van der Waals surface area (Å²) in [5.74, 6) is -0.751. The Morgan fingerprint density at radius 2 is 2.04 bits per heavy atom. The molecule has 1 aromatic rings. The second kappa shape index (κ2) is 6.40. The minimum atomic E-state index is -3.76. The van der Waals surface area contributed by atoms with Crippen LogP contribution in [0.15, 0.2) is 23.1 Å². The Morgan fingerprint density at radius 1 is 1.32 bits per heavy atom. The Hall–Kier alpha value is -1.97. The summed E-state index contributed by atoms with van der Waals surface area (Å²) in [5, 5.41) is 0. The second-order valence-corrected chi connectivity index (χ2v) is 8.30. The van der Waals surface area contributed by atoms with Gasteiger partial charge < -0.3 is 15.4 Å². The number of nitrogens with zero attached hydrogens (tertiary/aromatic N) is 2. The maximum absolute atomic E-state index is 12.9. The van der Waals surface area contributed by atoms with Crippen LogP contribution in [-0.2, 0) is 30.8 Å². The van der Waals surface area contributed by atoms with Crippen LogP contribution >= 0.6 is 0 Å². The van der Waals surface area contributed by atoms with E-state index in [-0.39, 0.29) is 36.5 Å². The van der Waals surface area contributed by atoms with Crippen molar-refractivity contribution in [3.8, 4) is 0 Å². The molecule has 2 heterocycles. The first-order chi connectivity index (χ1) is 11.7. The number of primary amides is 1. The highest BCUT2D eigenvalue weighted by Crippen LogP contribution is 2.34. The van der Waals surface area contributed by atoms with E-state index < -0.39 is 22.0 Å². The van der Waals surface area contributed by atoms with Gasteiger partial charge in [-0.1, -0.05) is 0 Å². The van der Waals surface area contributed by atoms with Gasteiger partial charge in [-0.25, -0.2) is 8.42 Å². The van der Waals surface area contributed by atoms with E-state index in [1.54, 1.807) is 17.0 Å². The lowest BCUT2D eigenvalue weighted by molar-refractivity contribution is -0.132. The average molecular weight is 367 g/mol. The first-order valence-electron chi connectivity index (χ1n) is 8.05. The molecule has 0 bridgehead atoms. The summed E-state index contributed by atoms with van der Waals surface area (Å²) in [5.41, 5.74) is 6.79. The van der Waals surface area contributed by atoms with Crippen molar-refractivity contribution in [2.75, 3.05) is 24.6 Å². The number of carbonyl (C=O) groups excluding carboxylic acids is 2. The zero-order valence-electron chi connectivity index (χ0n) is 14.1. The van der Waals surface area contributed by atoms with Crippen LogP contribution in [0.3, 0.4) is 0 Å². The molecule has 9 heteroatoms. The van der Waals surface area contributed by atoms with Crippen LogP contribution in [0.5, 0.6) is 0 Å². The number of amides is 2. The summed E-state index contributed by atoms with van der Waals surface area (Å²) in [6.45, 7) is 3.61. The Kier molecular flexibility index (Phi) is 4.56. The number of hydrogen-bond acceptors (Lipinski definition) is 5. The SMILES string of the molecule is CC(=O)N1c2ccc(S(=O)(=O)N3CCOC(C(N)=O)C3)cc2CC1C. The summed E-state index contributed by atoms with van der Waals surface area (Å²) in [4.78, 5) is 24.9. The molecule has 0 spiro atoms. The Labute approximate surface area is 146 Å². The van der Waals surface area contributed by atoms with Crippen LogP contribution in [0, 0.1) is 0 Å². The molecule has 25 heavy (non-hydrogen) atoms. The van der Waals surface area contributed by atoms with Crippen LogP contribution < -0.4 is 10.6 Å². The molecule has 2 amide bonds. The molecule has 0 aromatic heterocycles.